The molecule has 0 saturated heterocycles. The fourth-order valence-electron chi connectivity index (χ4n) is 2.22. The van der Waals surface area contributed by atoms with Crippen molar-refractivity contribution < 1.29 is 9.53 Å². The van der Waals surface area contributed by atoms with Crippen molar-refractivity contribution in [3.05, 3.63) is 57.8 Å². The molecule has 0 amide bonds. The quantitative estimate of drug-likeness (QED) is 0.609. The largest absolute Gasteiger partial charge is 0.463 e. The average molecular weight is 302 g/mol. The van der Waals surface area contributed by atoms with Crippen LogP contribution in [0.5, 0.6) is 0 Å². The molecule has 0 fully saturated rings. The number of benzene rings is 1. The van der Waals surface area contributed by atoms with Crippen LogP contribution in [0.3, 0.4) is 0 Å². The van der Waals surface area contributed by atoms with Crippen LogP contribution in [0.15, 0.2) is 46.7 Å². The molecule has 3 rings (SSSR count). The first-order chi connectivity index (χ1) is 9.79. The molecular weight excluding hydrogens is 288 g/mol. The lowest BCUT2D eigenvalue weighted by Gasteiger charge is -2.08. The molecule has 0 radical (unpaired) electrons. The van der Waals surface area contributed by atoms with Gasteiger partial charge in [-0.3, -0.25) is 0 Å². The molecule has 0 atom stereocenters. The minimum atomic E-state index is -0.274. The van der Waals surface area contributed by atoms with E-state index >= 15 is 0 Å². The molecule has 2 nitrogen and oxygen atoms in total. The number of thiophene rings is 1. The molecule has 20 heavy (non-hydrogen) atoms. The minimum Gasteiger partial charge on any atom is -0.463 e. The molecule has 1 aliphatic rings. The molecule has 4 heteroatoms. The lowest BCUT2D eigenvalue weighted by Crippen LogP contribution is -2.01. The van der Waals surface area contributed by atoms with E-state index in [9.17, 15) is 4.79 Å². The van der Waals surface area contributed by atoms with E-state index < -0.39 is 0 Å². The van der Waals surface area contributed by atoms with E-state index in [0.29, 0.717) is 6.61 Å². The highest BCUT2D eigenvalue weighted by Crippen LogP contribution is 2.42. The van der Waals surface area contributed by atoms with Crippen LogP contribution in [-0.2, 0) is 15.3 Å². The monoisotopic (exact) mass is 302 g/mol. The second kappa shape index (κ2) is 5.85. The molecule has 2 heterocycles. The van der Waals surface area contributed by atoms with Gasteiger partial charge in [-0.2, -0.15) is 0 Å². The van der Waals surface area contributed by atoms with Gasteiger partial charge in [-0.25, -0.2) is 4.79 Å². The van der Waals surface area contributed by atoms with Gasteiger partial charge in [-0.05, 0) is 35.6 Å². The van der Waals surface area contributed by atoms with Crippen molar-refractivity contribution in [2.24, 2.45) is 0 Å². The van der Waals surface area contributed by atoms with Gasteiger partial charge in [0, 0.05) is 27.2 Å². The number of hydrogen-bond donors (Lipinski definition) is 0. The molecule has 0 N–H and O–H groups in total. The fourth-order valence-corrected chi connectivity index (χ4v) is 4.33. The van der Waals surface area contributed by atoms with Crippen LogP contribution in [0.25, 0.3) is 5.57 Å². The molecule has 2 aromatic rings. The summed E-state index contributed by atoms with van der Waals surface area (Å²) in [6.45, 7) is 2.22. The molecule has 1 aromatic carbocycles. The van der Waals surface area contributed by atoms with Gasteiger partial charge in [0.1, 0.15) is 0 Å². The fraction of sp³-hybridized carbons (Fsp3) is 0.188. The number of fused-ring (bicyclic) bond motifs is 2. The lowest BCUT2D eigenvalue weighted by atomic mass is 10.0. The van der Waals surface area contributed by atoms with Crippen LogP contribution < -0.4 is 0 Å². The number of carbonyl (C=O) groups excluding carboxylic acids is 1. The van der Waals surface area contributed by atoms with Crippen molar-refractivity contribution in [3.8, 4) is 0 Å². The molecule has 0 bridgehead atoms. The van der Waals surface area contributed by atoms with Crippen molar-refractivity contribution in [2.75, 3.05) is 6.61 Å². The van der Waals surface area contributed by atoms with Crippen molar-refractivity contribution in [3.63, 3.8) is 0 Å². The normalized spacial score (nSPS) is 15.3. The second-order valence-electron chi connectivity index (χ2n) is 4.37. The third-order valence-corrected chi connectivity index (χ3v) is 5.21. The Hall–Kier alpha value is -1.52. The summed E-state index contributed by atoms with van der Waals surface area (Å²) in [6, 6.07) is 10.4. The predicted octanol–water partition coefficient (Wildman–Crippen LogP) is 4.35. The Balaban J connectivity index is 2.15. The Bertz CT molecular complexity index is 671. The lowest BCUT2D eigenvalue weighted by molar-refractivity contribution is -0.137. The smallest absolute Gasteiger partial charge is 0.331 e. The summed E-state index contributed by atoms with van der Waals surface area (Å²) in [5.41, 5.74) is 3.38. The molecule has 102 valence electrons. The Morgan fingerprint density at radius 3 is 3.05 bits per heavy atom. The van der Waals surface area contributed by atoms with Crippen LogP contribution in [0.4, 0.5) is 0 Å². The summed E-state index contributed by atoms with van der Waals surface area (Å²) in [4.78, 5) is 14.3. The van der Waals surface area contributed by atoms with E-state index in [2.05, 4.69) is 23.6 Å². The molecule has 0 spiro atoms. The molecule has 0 aliphatic carbocycles. The molecule has 1 aromatic heterocycles. The number of thioether (sulfide) groups is 1. The Kier molecular flexibility index (Phi) is 3.94. The van der Waals surface area contributed by atoms with Gasteiger partial charge < -0.3 is 4.74 Å². The second-order valence-corrected chi connectivity index (χ2v) is 6.30. The summed E-state index contributed by atoms with van der Waals surface area (Å²) in [5, 5.41) is 2.08. The van der Waals surface area contributed by atoms with Gasteiger partial charge >= 0.3 is 5.97 Å². The van der Waals surface area contributed by atoms with Gasteiger partial charge in [-0.15, -0.1) is 23.1 Å². The van der Waals surface area contributed by atoms with Gasteiger partial charge in [0.2, 0.25) is 0 Å². The zero-order valence-electron chi connectivity index (χ0n) is 11.1. The molecule has 1 aliphatic heterocycles. The highest BCUT2D eigenvalue weighted by atomic mass is 32.2. The zero-order chi connectivity index (χ0) is 13.9. The van der Waals surface area contributed by atoms with Crippen molar-refractivity contribution in [1.82, 2.24) is 0 Å². The number of hydrogen-bond acceptors (Lipinski definition) is 4. The minimum absolute atomic E-state index is 0.274. The van der Waals surface area contributed by atoms with Crippen LogP contribution in [0, 0.1) is 0 Å². The number of esters is 1. The van der Waals surface area contributed by atoms with Crippen molar-refractivity contribution in [1.29, 1.82) is 0 Å². The first-order valence-electron chi connectivity index (χ1n) is 6.47. The van der Waals surface area contributed by atoms with Crippen molar-refractivity contribution >= 4 is 34.6 Å². The van der Waals surface area contributed by atoms with Crippen LogP contribution in [0.2, 0.25) is 0 Å². The summed E-state index contributed by atoms with van der Waals surface area (Å²) in [7, 11) is 0. The van der Waals surface area contributed by atoms with Crippen LogP contribution in [-0.4, -0.2) is 12.6 Å². The molecule has 0 saturated carbocycles. The van der Waals surface area contributed by atoms with Crippen molar-refractivity contribution in [2.45, 2.75) is 17.6 Å². The van der Waals surface area contributed by atoms with Crippen LogP contribution >= 0.6 is 23.1 Å². The van der Waals surface area contributed by atoms with Gasteiger partial charge in [0.25, 0.3) is 0 Å². The third kappa shape index (κ3) is 2.53. The molecular formula is C16H14O2S2. The summed E-state index contributed by atoms with van der Waals surface area (Å²) in [5.74, 6) is 0.666. The standard InChI is InChI=1S/C16H14O2S2/c1-2-18-15(17)9-13-12-5-3-4-6-14(12)20-10-11-7-8-19-16(11)13/h3-9H,2,10H2,1H3/b13-9+. The average Bonchev–Trinajstić information content (AvgIpc) is 2.86. The zero-order valence-corrected chi connectivity index (χ0v) is 12.7. The van der Waals surface area contributed by atoms with E-state index in [1.807, 2.05) is 30.8 Å². The maximum Gasteiger partial charge on any atom is 0.331 e. The molecule has 0 unspecified atom stereocenters. The topological polar surface area (TPSA) is 26.3 Å². The van der Waals surface area contributed by atoms with Gasteiger partial charge in [-0.1, -0.05) is 18.2 Å². The van der Waals surface area contributed by atoms with Gasteiger partial charge in [0.05, 0.1) is 6.61 Å². The van der Waals surface area contributed by atoms with E-state index in [1.54, 1.807) is 17.4 Å². The summed E-state index contributed by atoms with van der Waals surface area (Å²) in [6.07, 6.45) is 1.63. The predicted molar refractivity (Wildman–Crippen MR) is 84.0 cm³/mol. The Morgan fingerprint density at radius 2 is 2.20 bits per heavy atom. The summed E-state index contributed by atoms with van der Waals surface area (Å²) < 4.78 is 5.07. The Morgan fingerprint density at radius 1 is 1.35 bits per heavy atom. The summed E-state index contributed by atoms with van der Waals surface area (Å²) >= 11 is 3.50. The number of carbonyl (C=O) groups is 1. The number of ether oxygens (including phenoxy) is 1. The first-order valence-corrected chi connectivity index (χ1v) is 8.33. The number of rotatable bonds is 2. The first kappa shape index (κ1) is 13.5. The van der Waals surface area contributed by atoms with E-state index in [4.69, 9.17) is 4.74 Å². The maximum absolute atomic E-state index is 11.9. The Labute approximate surface area is 126 Å². The van der Waals surface area contributed by atoms with Gasteiger partial charge in [0.15, 0.2) is 0 Å². The van der Waals surface area contributed by atoms with E-state index in [0.717, 1.165) is 16.9 Å². The SMILES string of the molecule is CCOC(=O)/C=C1\c2ccccc2SCc2ccsc21. The third-order valence-electron chi connectivity index (χ3n) is 3.10. The highest BCUT2D eigenvalue weighted by Gasteiger charge is 2.20. The van der Waals surface area contributed by atoms with E-state index in [-0.39, 0.29) is 5.97 Å². The van der Waals surface area contributed by atoms with Crippen LogP contribution in [0.1, 0.15) is 22.9 Å². The van der Waals surface area contributed by atoms with E-state index in [1.165, 1.54) is 15.3 Å². The highest BCUT2D eigenvalue weighted by molar-refractivity contribution is 7.98. The maximum atomic E-state index is 11.9.